The lowest BCUT2D eigenvalue weighted by Gasteiger charge is -2.12. The van der Waals surface area contributed by atoms with Gasteiger partial charge in [0, 0.05) is 18.2 Å². The SMILES string of the molecule is O=C(O)CCN1C(=O)/C(=C/c2ccc(-c3cc(C(F)(F)F)ccc3Cl)o2)SC1=S. The molecule has 5 nitrogen and oxygen atoms in total. The molecule has 1 N–H and O–H groups in total. The summed E-state index contributed by atoms with van der Waals surface area (Å²) in [4.78, 5) is 24.5. The van der Waals surface area contributed by atoms with Gasteiger partial charge in [0.05, 0.1) is 21.9 Å². The van der Waals surface area contributed by atoms with Crippen LogP contribution in [0.2, 0.25) is 5.02 Å². The van der Waals surface area contributed by atoms with Crippen molar-refractivity contribution in [2.24, 2.45) is 0 Å². The Hall–Kier alpha value is -2.30. The molecule has 1 aromatic heterocycles. The van der Waals surface area contributed by atoms with E-state index in [0.717, 1.165) is 30.0 Å². The number of carboxylic acid groups (broad SMARTS) is 1. The number of carboxylic acids is 1. The van der Waals surface area contributed by atoms with Crippen molar-refractivity contribution >= 4 is 57.9 Å². The van der Waals surface area contributed by atoms with Crippen LogP contribution in [-0.2, 0) is 15.8 Å². The fourth-order valence-corrected chi connectivity index (χ4v) is 3.99. The van der Waals surface area contributed by atoms with Crippen LogP contribution in [0.25, 0.3) is 17.4 Å². The van der Waals surface area contributed by atoms with E-state index in [2.05, 4.69) is 0 Å². The molecule has 3 rings (SSSR count). The number of halogens is 4. The van der Waals surface area contributed by atoms with Crippen molar-refractivity contribution in [2.45, 2.75) is 12.6 Å². The minimum atomic E-state index is -4.53. The molecule has 2 aromatic rings. The first-order valence-electron chi connectivity index (χ1n) is 8.00. The van der Waals surface area contributed by atoms with E-state index in [1.807, 2.05) is 0 Å². The monoisotopic (exact) mass is 461 g/mol. The zero-order chi connectivity index (χ0) is 21.3. The predicted molar refractivity (Wildman–Crippen MR) is 106 cm³/mol. The van der Waals surface area contributed by atoms with Crippen LogP contribution in [0, 0.1) is 0 Å². The molecule has 0 radical (unpaired) electrons. The number of thiocarbonyl (C=S) groups is 1. The van der Waals surface area contributed by atoms with Crippen molar-refractivity contribution in [1.82, 2.24) is 4.90 Å². The molecule has 0 atom stereocenters. The van der Waals surface area contributed by atoms with Gasteiger partial charge in [0.1, 0.15) is 15.8 Å². The highest BCUT2D eigenvalue weighted by Gasteiger charge is 2.33. The first kappa shape index (κ1) is 21.4. The zero-order valence-corrected chi connectivity index (χ0v) is 16.7. The third-order valence-corrected chi connectivity index (χ3v) is 5.59. The zero-order valence-electron chi connectivity index (χ0n) is 14.3. The van der Waals surface area contributed by atoms with Gasteiger partial charge >= 0.3 is 12.1 Å². The Morgan fingerprint density at radius 2 is 2.03 bits per heavy atom. The van der Waals surface area contributed by atoms with Crippen LogP contribution < -0.4 is 0 Å². The highest BCUT2D eigenvalue weighted by molar-refractivity contribution is 8.26. The lowest BCUT2D eigenvalue weighted by Crippen LogP contribution is -2.30. The van der Waals surface area contributed by atoms with Gasteiger partial charge in [0.25, 0.3) is 5.91 Å². The normalized spacial score (nSPS) is 16.1. The lowest BCUT2D eigenvalue weighted by molar-refractivity contribution is -0.138. The summed E-state index contributed by atoms with van der Waals surface area (Å²) in [5.41, 5.74) is -0.802. The maximum atomic E-state index is 12.9. The van der Waals surface area contributed by atoms with Crippen LogP contribution in [0.3, 0.4) is 0 Å². The Morgan fingerprint density at radius 1 is 1.31 bits per heavy atom. The minimum absolute atomic E-state index is 0.0550. The van der Waals surface area contributed by atoms with Crippen LogP contribution >= 0.6 is 35.6 Å². The quantitative estimate of drug-likeness (QED) is 0.481. The number of benzene rings is 1. The van der Waals surface area contributed by atoms with Gasteiger partial charge in [-0.2, -0.15) is 13.2 Å². The van der Waals surface area contributed by atoms with E-state index >= 15 is 0 Å². The average molecular weight is 462 g/mol. The minimum Gasteiger partial charge on any atom is -0.481 e. The maximum Gasteiger partial charge on any atom is 0.416 e. The molecule has 0 aliphatic carbocycles. The van der Waals surface area contributed by atoms with Gasteiger partial charge in [-0.15, -0.1) is 0 Å². The summed E-state index contributed by atoms with van der Waals surface area (Å²) in [6, 6.07) is 5.82. The lowest BCUT2D eigenvalue weighted by atomic mass is 10.1. The predicted octanol–water partition coefficient (Wildman–Crippen LogP) is 5.29. The number of amides is 1. The van der Waals surface area contributed by atoms with Crippen molar-refractivity contribution in [2.75, 3.05) is 6.54 Å². The molecule has 0 saturated carbocycles. The molecule has 1 saturated heterocycles. The summed E-state index contributed by atoms with van der Waals surface area (Å²) >= 11 is 12.1. The summed E-state index contributed by atoms with van der Waals surface area (Å²) in [5.74, 6) is -1.20. The van der Waals surface area contributed by atoms with Gasteiger partial charge in [-0.25, -0.2) is 0 Å². The molecule has 1 aliphatic heterocycles. The molecule has 0 unspecified atom stereocenters. The molecule has 0 spiro atoms. The van der Waals surface area contributed by atoms with Crippen LogP contribution in [0.5, 0.6) is 0 Å². The Balaban J connectivity index is 1.85. The first-order chi connectivity index (χ1) is 13.6. The molecule has 2 heterocycles. The molecule has 152 valence electrons. The average Bonchev–Trinajstić information content (AvgIpc) is 3.18. The smallest absolute Gasteiger partial charge is 0.416 e. The number of alkyl halides is 3. The number of aliphatic carboxylic acids is 1. The van der Waals surface area contributed by atoms with Gasteiger partial charge in [0.15, 0.2) is 0 Å². The van der Waals surface area contributed by atoms with Gasteiger partial charge in [0.2, 0.25) is 0 Å². The number of nitrogens with zero attached hydrogens (tertiary/aromatic N) is 1. The number of carbonyl (C=O) groups is 2. The molecule has 0 bridgehead atoms. The third kappa shape index (κ3) is 4.82. The van der Waals surface area contributed by atoms with Crippen LogP contribution in [-0.4, -0.2) is 32.7 Å². The third-order valence-electron chi connectivity index (χ3n) is 3.88. The summed E-state index contributed by atoms with van der Waals surface area (Å²) in [5, 5.41) is 8.83. The topological polar surface area (TPSA) is 70.8 Å². The van der Waals surface area contributed by atoms with E-state index in [-0.39, 0.29) is 44.3 Å². The summed E-state index contributed by atoms with van der Waals surface area (Å²) in [7, 11) is 0. The largest absolute Gasteiger partial charge is 0.481 e. The summed E-state index contributed by atoms with van der Waals surface area (Å²) in [6.07, 6.45) is -3.39. The van der Waals surface area contributed by atoms with Crippen molar-refractivity contribution in [3.05, 3.63) is 51.6 Å². The van der Waals surface area contributed by atoms with Crippen LogP contribution in [0.1, 0.15) is 17.7 Å². The second-order valence-electron chi connectivity index (χ2n) is 5.87. The number of carbonyl (C=O) groups excluding carboxylic acids is 1. The number of hydrogen-bond acceptors (Lipinski definition) is 5. The van der Waals surface area contributed by atoms with Crippen molar-refractivity contribution in [1.29, 1.82) is 0 Å². The fourth-order valence-electron chi connectivity index (χ4n) is 2.50. The Kier molecular flexibility index (Phi) is 6.06. The van der Waals surface area contributed by atoms with Gasteiger partial charge < -0.3 is 9.52 Å². The van der Waals surface area contributed by atoms with Crippen molar-refractivity contribution in [3.8, 4) is 11.3 Å². The van der Waals surface area contributed by atoms with Gasteiger partial charge in [-0.1, -0.05) is 35.6 Å². The van der Waals surface area contributed by atoms with E-state index < -0.39 is 23.6 Å². The van der Waals surface area contributed by atoms with Crippen LogP contribution in [0.15, 0.2) is 39.7 Å². The Morgan fingerprint density at radius 3 is 2.69 bits per heavy atom. The summed E-state index contributed by atoms with van der Waals surface area (Å²) < 4.78 is 44.6. The van der Waals surface area contributed by atoms with E-state index in [4.69, 9.17) is 33.3 Å². The van der Waals surface area contributed by atoms with Crippen molar-refractivity contribution in [3.63, 3.8) is 0 Å². The fraction of sp³-hybridized carbons (Fsp3) is 0.167. The molecule has 11 heteroatoms. The molecular weight excluding hydrogens is 451 g/mol. The number of rotatable bonds is 5. The molecule has 1 aliphatic rings. The maximum absolute atomic E-state index is 12.9. The number of hydrogen-bond donors (Lipinski definition) is 1. The van der Waals surface area contributed by atoms with Gasteiger partial charge in [-0.05, 0) is 30.3 Å². The first-order valence-corrected chi connectivity index (χ1v) is 9.60. The second kappa shape index (κ2) is 8.21. The summed E-state index contributed by atoms with van der Waals surface area (Å²) in [6.45, 7) is -0.0550. The highest BCUT2D eigenvalue weighted by Crippen LogP contribution is 2.38. The molecule has 1 fully saturated rings. The Bertz CT molecular complexity index is 1030. The van der Waals surface area contributed by atoms with Gasteiger partial charge in [-0.3, -0.25) is 14.5 Å². The molecule has 1 aromatic carbocycles. The van der Waals surface area contributed by atoms with E-state index in [0.29, 0.717) is 0 Å². The van der Waals surface area contributed by atoms with Crippen molar-refractivity contribution < 1.29 is 32.3 Å². The number of furan rings is 1. The van der Waals surface area contributed by atoms with E-state index in [9.17, 15) is 22.8 Å². The molecule has 29 heavy (non-hydrogen) atoms. The standard InChI is InChI=1S/C18H11ClF3NO4S2/c19-12-3-1-9(18(20,21)22)7-11(12)13-4-2-10(27-13)8-14-16(26)23(17(28)29-14)6-5-15(24)25/h1-4,7-8H,5-6H2,(H,24,25)/b14-8-. The molecular formula is C18H11ClF3NO4S2. The van der Waals surface area contributed by atoms with E-state index in [1.54, 1.807) is 0 Å². The van der Waals surface area contributed by atoms with Crippen LogP contribution in [0.4, 0.5) is 13.2 Å². The Labute approximate surface area is 177 Å². The highest BCUT2D eigenvalue weighted by atomic mass is 35.5. The molecule has 1 amide bonds. The van der Waals surface area contributed by atoms with E-state index in [1.165, 1.54) is 23.1 Å². The second-order valence-corrected chi connectivity index (χ2v) is 7.95. The number of thioether (sulfide) groups is 1.